The predicted octanol–water partition coefficient (Wildman–Crippen LogP) is 2.03. The highest BCUT2D eigenvalue weighted by Gasteiger charge is 2.27. The Hall–Kier alpha value is -0.430. The summed E-state index contributed by atoms with van der Waals surface area (Å²) >= 11 is -0.0773. The van der Waals surface area contributed by atoms with Crippen molar-refractivity contribution in [2.24, 2.45) is 5.92 Å². The summed E-state index contributed by atoms with van der Waals surface area (Å²) in [5, 5.41) is 2.85. The summed E-state index contributed by atoms with van der Waals surface area (Å²) in [6.45, 7) is 3.60. The van der Waals surface area contributed by atoms with Gasteiger partial charge in [0.1, 0.15) is 0 Å². The lowest BCUT2D eigenvalue weighted by atomic mass is 10.0. The van der Waals surface area contributed by atoms with E-state index in [1.165, 1.54) is 7.11 Å². The van der Waals surface area contributed by atoms with Gasteiger partial charge in [0.2, 0.25) is 0 Å². The zero-order valence-electron chi connectivity index (χ0n) is 9.43. The van der Waals surface area contributed by atoms with Crippen molar-refractivity contribution < 1.29 is 22.7 Å². The van der Waals surface area contributed by atoms with E-state index >= 15 is 0 Å². The molecule has 0 aliphatic heterocycles. The lowest BCUT2D eigenvalue weighted by Gasteiger charge is -2.19. The largest absolute Gasteiger partial charge is 0.469 e. The maximum absolute atomic E-state index is 11.8. The molecule has 0 saturated carbocycles. The van der Waals surface area contributed by atoms with Gasteiger partial charge in [-0.2, -0.15) is 13.2 Å². The highest BCUT2D eigenvalue weighted by Crippen LogP contribution is 2.29. The number of carbonyl (C=O) groups excluding carboxylic acids is 1. The van der Waals surface area contributed by atoms with Crippen LogP contribution in [-0.4, -0.2) is 36.9 Å². The Balaban J connectivity index is 3.73. The van der Waals surface area contributed by atoms with Crippen LogP contribution < -0.4 is 5.32 Å². The number of thioether (sulfide) groups is 1. The quantitative estimate of drug-likeness (QED) is 0.585. The Morgan fingerprint density at radius 1 is 1.44 bits per heavy atom. The van der Waals surface area contributed by atoms with E-state index in [1.807, 2.05) is 0 Å². The molecule has 0 aliphatic carbocycles. The Morgan fingerprint density at radius 2 is 2.00 bits per heavy atom. The summed E-state index contributed by atoms with van der Waals surface area (Å²) in [5.41, 5.74) is -4.20. The molecule has 0 rings (SSSR count). The number of carbonyl (C=O) groups is 1. The van der Waals surface area contributed by atoms with E-state index < -0.39 is 5.51 Å². The molecular weight excluding hydrogens is 243 g/mol. The lowest BCUT2D eigenvalue weighted by molar-refractivity contribution is -0.145. The first kappa shape index (κ1) is 15.6. The molecular formula is C9H16F3NO2S. The normalized spacial score (nSPS) is 15.6. The molecule has 3 nitrogen and oxygen atoms in total. The third kappa shape index (κ3) is 6.95. The van der Waals surface area contributed by atoms with Crippen LogP contribution in [0, 0.1) is 5.92 Å². The van der Waals surface area contributed by atoms with Crippen molar-refractivity contribution in [2.75, 3.05) is 19.4 Å². The minimum absolute atomic E-state index is 0.0677. The zero-order valence-corrected chi connectivity index (χ0v) is 10.2. The molecule has 0 aromatic carbocycles. The van der Waals surface area contributed by atoms with Gasteiger partial charge in [0, 0.05) is 18.3 Å². The van der Waals surface area contributed by atoms with E-state index in [1.54, 1.807) is 13.8 Å². The summed E-state index contributed by atoms with van der Waals surface area (Å²) in [5.74, 6) is -0.814. The number of alkyl halides is 3. The molecule has 0 aromatic heterocycles. The molecule has 0 radical (unpaired) electrons. The monoisotopic (exact) mass is 259 g/mol. The minimum Gasteiger partial charge on any atom is -0.469 e. The van der Waals surface area contributed by atoms with Gasteiger partial charge in [0.25, 0.3) is 0 Å². The van der Waals surface area contributed by atoms with Crippen LogP contribution in [0.1, 0.15) is 13.8 Å². The van der Waals surface area contributed by atoms with Crippen molar-refractivity contribution in [1.82, 2.24) is 5.32 Å². The maximum atomic E-state index is 11.8. The van der Waals surface area contributed by atoms with Crippen molar-refractivity contribution in [1.29, 1.82) is 0 Å². The standard InChI is InChI=1S/C9H16F3NO2S/c1-6(8(14)15-3)7(2)13-4-5-16-9(10,11)12/h6-7,13H,4-5H2,1-3H3. The van der Waals surface area contributed by atoms with Crippen molar-refractivity contribution >= 4 is 17.7 Å². The molecule has 96 valence electrons. The van der Waals surface area contributed by atoms with Gasteiger partial charge >= 0.3 is 11.5 Å². The first-order valence-corrected chi connectivity index (χ1v) is 5.78. The predicted molar refractivity (Wildman–Crippen MR) is 57.2 cm³/mol. The summed E-state index contributed by atoms with van der Waals surface area (Å²) in [6, 6.07) is -0.207. The van der Waals surface area contributed by atoms with Crippen LogP contribution in [-0.2, 0) is 9.53 Å². The first-order valence-electron chi connectivity index (χ1n) is 4.80. The average molecular weight is 259 g/mol. The summed E-state index contributed by atoms with van der Waals surface area (Å²) in [6.07, 6.45) is 0. The van der Waals surface area contributed by atoms with Gasteiger partial charge in [-0.05, 0) is 18.7 Å². The number of halogens is 3. The number of nitrogens with one attached hydrogen (secondary N) is 1. The van der Waals surface area contributed by atoms with E-state index in [0.717, 1.165) is 0 Å². The molecule has 0 amide bonds. The van der Waals surface area contributed by atoms with Crippen LogP contribution in [0.25, 0.3) is 0 Å². The van der Waals surface area contributed by atoms with Gasteiger partial charge in [-0.1, -0.05) is 6.92 Å². The van der Waals surface area contributed by atoms with E-state index in [0.29, 0.717) is 0 Å². The molecule has 0 aliphatic rings. The minimum atomic E-state index is -4.20. The molecule has 0 heterocycles. The second-order valence-corrected chi connectivity index (χ2v) is 4.51. The van der Waals surface area contributed by atoms with Gasteiger partial charge in [0.05, 0.1) is 13.0 Å². The van der Waals surface area contributed by atoms with Gasteiger partial charge in [-0.15, -0.1) is 0 Å². The van der Waals surface area contributed by atoms with Crippen LogP contribution in [0.2, 0.25) is 0 Å². The number of esters is 1. The molecule has 0 saturated heterocycles. The van der Waals surface area contributed by atoms with Crippen molar-refractivity contribution in [3.05, 3.63) is 0 Å². The molecule has 0 fully saturated rings. The van der Waals surface area contributed by atoms with Crippen LogP contribution in [0.15, 0.2) is 0 Å². The van der Waals surface area contributed by atoms with E-state index in [4.69, 9.17) is 0 Å². The summed E-state index contributed by atoms with van der Waals surface area (Å²) < 4.78 is 39.9. The molecule has 1 N–H and O–H groups in total. The van der Waals surface area contributed by atoms with Crippen LogP contribution in [0.4, 0.5) is 13.2 Å². The van der Waals surface area contributed by atoms with E-state index in [9.17, 15) is 18.0 Å². The third-order valence-corrected chi connectivity index (χ3v) is 2.89. The second-order valence-electron chi connectivity index (χ2n) is 3.35. The molecule has 2 atom stereocenters. The summed E-state index contributed by atoms with van der Waals surface area (Å²) in [4.78, 5) is 11.1. The van der Waals surface area contributed by atoms with Gasteiger partial charge in [-0.3, -0.25) is 4.79 Å². The maximum Gasteiger partial charge on any atom is 0.441 e. The molecule has 2 unspecified atom stereocenters. The number of methoxy groups -OCH3 is 1. The Bertz CT molecular complexity index is 223. The van der Waals surface area contributed by atoms with E-state index in [2.05, 4.69) is 10.1 Å². The fourth-order valence-electron chi connectivity index (χ4n) is 1.02. The average Bonchev–Trinajstić information content (AvgIpc) is 2.20. The van der Waals surface area contributed by atoms with Gasteiger partial charge < -0.3 is 10.1 Å². The SMILES string of the molecule is COC(=O)C(C)C(C)NCCSC(F)(F)F. The topological polar surface area (TPSA) is 38.3 Å². The zero-order chi connectivity index (χ0) is 12.8. The van der Waals surface area contributed by atoms with Crippen LogP contribution >= 0.6 is 11.8 Å². The number of hydrogen-bond donors (Lipinski definition) is 1. The molecule has 0 aromatic rings. The fraction of sp³-hybridized carbons (Fsp3) is 0.889. The fourth-order valence-corrected chi connectivity index (χ4v) is 1.47. The number of ether oxygens (including phenoxy) is 1. The number of hydrogen-bond acceptors (Lipinski definition) is 4. The van der Waals surface area contributed by atoms with Gasteiger partial charge in [0.15, 0.2) is 0 Å². The third-order valence-electron chi connectivity index (χ3n) is 2.16. The van der Waals surface area contributed by atoms with Gasteiger partial charge in [-0.25, -0.2) is 0 Å². The highest BCUT2D eigenvalue weighted by atomic mass is 32.2. The molecule has 16 heavy (non-hydrogen) atoms. The number of rotatable bonds is 6. The molecule has 0 bridgehead atoms. The second kappa shape index (κ2) is 7.01. The molecule has 0 spiro atoms. The highest BCUT2D eigenvalue weighted by molar-refractivity contribution is 8.00. The Morgan fingerprint density at radius 3 is 2.44 bits per heavy atom. The smallest absolute Gasteiger partial charge is 0.441 e. The van der Waals surface area contributed by atoms with Crippen LogP contribution in [0.3, 0.4) is 0 Å². The lowest BCUT2D eigenvalue weighted by Crippen LogP contribution is -2.38. The van der Waals surface area contributed by atoms with Crippen molar-refractivity contribution in [2.45, 2.75) is 25.4 Å². The molecule has 7 heteroatoms. The summed E-state index contributed by atoms with van der Waals surface area (Å²) in [7, 11) is 1.28. The Kier molecular flexibility index (Phi) is 6.82. The Labute approximate surface area is 97.1 Å². The van der Waals surface area contributed by atoms with E-state index in [-0.39, 0.29) is 42.0 Å². The van der Waals surface area contributed by atoms with Crippen LogP contribution in [0.5, 0.6) is 0 Å². The first-order chi connectivity index (χ1) is 7.28. The van der Waals surface area contributed by atoms with Crippen molar-refractivity contribution in [3.63, 3.8) is 0 Å². The van der Waals surface area contributed by atoms with Crippen molar-refractivity contribution in [3.8, 4) is 0 Å².